The van der Waals surface area contributed by atoms with Gasteiger partial charge in [-0.25, -0.2) is 4.39 Å². The van der Waals surface area contributed by atoms with Crippen LogP contribution in [-0.2, 0) is 9.53 Å². The summed E-state index contributed by atoms with van der Waals surface area (Å²) in [7, 11) is 0. The quantitative estimate of drug-likeness (QED) is 0.565. The molecule has 0 aromatic heterocycles. The smallest absolute Gasteiger partial charge is 0.317 e. The van der Waals surface area contributed by atoms with Crippen LogP contribution in [0.3, 0.4) is 0 Å². The average Bonchev–Trinajstić information content (AvgIpc) is 2.24. The van der Waals surface area contributed by atoms with Crippen LogP contribution in [0.5, 0.6) is 0 Å². The van der Waals surface area contributed by atoms with Gasteiger partial charge in [-0.1, -0.05) is 17.9 Å². The largest absolute Gasteiger partial charge is 0.465 e. The second-order valence-electron chi connectivity index (χ2n) is 3.25. The first-order valence-corrected chi connectivity index (χ1v) is 5.04. The zero-order valence-corrected chi connectivity index (χ0v) is 9.34. The van der Waals surface area contributed by atoms with E-state index in [1.165, 1.54) is 6.07 Å². The minimum Gasteiger partial charge on any atom is -0.465 e. The molecular formula is C13H13FO2. The molecule has 0 saturated carbocycles. The number of ether oxygens (including phenoxy) is 1. The van der Waals surface area contributed by atoms with Crippen LogP contribution in [0.25, 0.3) is 0 Å². The molecule has 0 aliphatic carbocycles. The maximum atomic E-state index is 13.1. The Labute approximate surface area is 94.4 Å². The molecule has 1 aromatic rings. The van der Waals surface area contributed by atoms with Gasteiger partial charge >= 0.3 is 5.97 Å². The van der Waals surface area contributed by atoms with Crippen molar-refractivity contribution >= 4 is 5.97 Å². The molecule has 3 heteroatoms. The monoisotopic (exact) mass is 220 g/mol. The van der Waals surface area contributed by atoms with E-state index in [9.17, 15) is 9.18 Å². The molecule has 0 bridgehead atoms. The van der Waals surface area contributed by atoms with Gasteiger partial charge in [-0.2, -0.15) is 0 Å². The van der Waals surface area contributed by atoms with Crippen LogP contribution in [0.1, 0.15) is 24.5 Å². The van der Waals surface area contributed by atoms with Crippen LogP contribution in [0.15, 0.2) is 18.2 Å². The molecule has 0 amide bonds. The number of hydrogen-bond acceptors (Lipinski definition) is 2. The molecular weight excluding hydrogens is 207 g/mol. The SMILES string of the molecule is CCOC(=O)CC#Cc1ccc(C)c(F)c1. The molecule has 1 rings (SSSR count). The maximum absolute atomic E-state index is 13.1. The van der Waals surface area contributed by atoms with Crippen molar-refractivity contribution in [2.45, 2.75) is 20.3 Å². The second-order valence-corrected chi connectivity index (χ2v) is 3.25. The highest BCUT2D eigenvalue weighted by Crippen LogP contribution is 2.07. The van der Waals surface area contributed by atoms with Gasteiger partial charge in [-0.3, -0.25) is 4.79 Å². The number of carbonyl (C=O) groups excluding carboxylic acids is 1. The molecule has 0 saturated heterocycles. The molecule has 0 heterocycles. The Balaban J connectivity index is 2.63. The molecule has 1 aromatic carbocycles. The van der Waals surface area contributed by atoms with Crippen molar-refractivity contribution in [3.63, 3.8) is 0 Å². The third-order valence-corrected chi connectivity index (χ3v) is 1.94. The van der Waals surface area contributed by atoms with E-state index >= 15 is 0 Å². The normalized spacial score (nSPS) is 9.19. The van der Waals surface area contributed by atoms with E-state index in [1.807, 2.05) is 0 Å². The predicted octanol–water partition coefficient (Wildman–Crippen LogP) is 2.44. The lowest BCUT2D eigenvalue weighted by Gasteiger charge is -1.96. The fourth-order valence-electron chi connectivity index (χ4n) is 1.10. The first-order chi connectivity index (χ1) is 7.63. The average molecular weight is 220 g/mol. The molecule has 0 aliphatic heterocycles. The third kappa shape index (κ3) is 3.74. The minimum atomic E-state index is -0.359. The Kier molecular flexibility index (Phi) is 4.53. The molecule has 0 unspecified atom stereocenters. The van der Waals surface area contributed by atoms with Crippen LogP contribution < -0.4 is 0 Å². The Hall–Kier alpha value is -1.82. The van der Waals surface area contributed by atoms with Gasteiger partial charge in [0.2, 0.25) is 0 Å². The van der Waals surface area contributed by atoms with Crippen molar-refractivity contribution in [2.24, 2.45) is 0 Å². The van der Waals surface area contributed by atoms with Crippen molar-refractivity contribution in [3.05, 3.63) is 35.1 Å². The summed E-state index contributed by atoms with van der Waals surface area (Å²) in [5.41, 5.74) is 1.14. The van der Waals surface area contributed by atoms with Crippen LogP contribution in [0.2, 0.25) is 0 Å². The van der Waals surface area contributed by atoms with E-state index in [2.05, 4.69) is 11.8 Å². The Morgan fingerprint density at radius 1 is 1.50 bits per heavy atom. The van der Waals surface area contributed by atoms with Crippen molar-refractivity contribution in [2.75, 3.05) is 6.61 Å². The highest BCUT2D eigenvalue weighted by Gasteiger charge is 1.98. The number of esters is 1. The van der Waals surface area contributed by atoms with Crippen molar-refractivity contribution in [1.82, 2.24) is 0 Å². The zero-order chi connectivity index (χ0) is 12.0. The van der Waals surface area contributed by atoms with Gasteiger partial charge < -0.3 is 4.74 Å². The lowest BCUT2D eigenvalue weighted by atomic mass is 10.1. The van der Waals surface area contributed by atoms with E-state index in [0.717, 1.165) is 0 Å². The van der Waals surface area contributed by atoms with Crippen molar-refractivity contribution < 1.29 is 13.9 Å². The molecule has 0 atom stereocenters. The van der Waals surface area contributed by atoms with Crippen LogP contribution >= 0.6 is 0 Å². The first kappa shape index (κ1) is 12.3. The van der Waals surface area contributed by atoms with Gasteiger partial charge in [0.25, 0.3) is 0 Å². The van der Waals surface area contributed by atoms with E-state index in [1.54, 1.807) is 26.0 Å². The molecule has 16 heavy (non-hydrogen) atoms. The topological polar surface area (TPSA) is 26.3 Å². The molecule has 0 radical (unpaired) electrons. The summed E-state index contributed by atoms with van der Waals surface area (Å²) >= 11 is 0. The van der Waals surface area contributed by atoms with E-state index in [-0.39, 0.29) is 18.2 Å². The fourth-order valence-corrected chi connectivity index (χ4v) is 1.10. The second kappa shape index (κ2) is 5.92. The number of hydrogen-bond donors (Lipinski definition) is 0. The fraction of sp³-hybridized carbons (Fsp3) is 0.308. The summed E-state index contributed by atoms with van der Waals surface area (Å²) in [6, 6.07) is 4.73. The molecule has 0 spiro atoms. The van der Waals surface area contributed by atoms with Gasteiger partial charge in [-0.15, -0.1) is 0 Å². The van der Waals surface area contributed by atoms with Gasteiger partial charge in [0.05, 0.1) is 6.61 Å². The number of carbonyl (C=O) groups is 1. The summed E-state index contributed by atoms with van der Waals surface area (Å²) in [6.45, 7) is 3.77. The molecule has 84 valence electrons. The Bertz CT molecular complexity index is 441. The number of rotatable bonds is 2. The maximum Gasteiger partial charge on any atom is 0.317 e. The standard InChI is InChI=1S/C13H13FO2/c1-3-16-13(15)6-4-5-11-8-7-10(2)12(14)9-11/h7-9H,3,6H2,1-2H3. The summed E-state index contributed by atoms with van der Waals surface area (Å²) in [5, 5.41) is 0. The predicted molar refractivity (Wildman–Crippen MR) is 59.3 cm³/mol. The first-order valence-electron chi connectivity index (χ1n) is 5.04. The summed E-state index contributed by atoms with van der Waals surface area (Å²) in [4.78, 5) is 11.0. The van der Waals surface area contributed by atoms with Gasteiger partial charge in [0.1, 0.15) is 12.2 Å². The summed E-state index contributed by atoms with van der Waals surface area (Å²) in [6.07, 6.45) is 0.0311. The van der Waals surface area contributed by atoms with Gasteiger partial charge in [-0.05, 0) is 31.5 Å². The van der Waals surface area contributed by atoms with Crippen LogP contribution in [0, 0.1) is 24.6 Å². The molecule has 0 fully saturated rings. The zero-order valence-electron chi connectivity index (χ0n) is 9.34. The van der Waals surface area contributed by atoms with E-state index in [0.29, 0.717) is 17.7 Å². The highest BCUT2D eigenvalue weighted by atomic mass is 19.1. The van der Waals surface area contributed by atoms with Gasteiger partial charge in [0, 0.05) is 5.56 Å². The highest BCUT2D eigenvalue weighted by molar-refractivity contribution is 5.72. The minimum absolute atomic E-state index is 0.0311. The van der Waals surface area contributed by atoms with E-state index in [4.69, 9.17) is 4.74 Å². The summed E-state index contributed by atoms with van der Waals surface area (Å²) < 4.78 is 17.8. The lowest BCUT2D eigenvalue weighted by molar-refractivity contribution is -0.141. The van der Waals surface area contributed by atoms with E-state index < -0.39 is 0 Å². The van der Waals surface area contributed by atoms with Crippen molar-refractivity contribution in [3.8, 4) is 11.8 Å². The lowest BCUT2D eigenvalue weighted by Crippen LogP contribution is -2.01. The van der Waals surface area contributed by atoms with Crippen molar-refractivity contribution in [1.29, 1.82) is 0 Å². The third-order valence-electron chi connectivity index (χ3n) is 1.94. The van der Waals surface area contributed by atoms with Gasteiger partial charge in [0.15, 0.2) is 0 Å². The molecule has 2 nitrogen and oxygen atoms in total. The Morgan fingerprint density at radius 2 is 2.25 bits per heavy atom. The van der Waals surface area contributed by atoms with Crippen LogP contribution in [-0.4, -0.2) is 12.6 Å². The van der Waals surface area contributed by atoms with Crippen LogP contribution in [0.4, 0.5) is 4.39 Å². The Morgan fingerprint density at radius 3 is 2.88 bits per heavy atom. The molecule has 0 N–H and O–H groups in total. The number of halogens is 1. The number of aryl methyl sites for hydroxylation is 1. The summed E-state index contributed by atoms with van der Waals surface area (Å²) in [5.74, 6) is 4.71. The molecule has 0 aliphatic rings. The number of benzene rings is 1.